The molecule has 35 heavy (non-hydrogen) atoms. The van der Waals surface area contributed by atoms with Crippen molar-refractivity contribution in [2.45, 2.75) is 33.4 Å². The van der Waals surface area contributed by atoms with Crippen molar-refractivity contribution in [3.05, 3.63) is 64.2 Å². The zero-order valence-electron chi connectivity index (χ0n) is 19.6. The molecule has 0 atom stereocenters. The van der Waals surface area contributed by atoms with Gasteiger partial charge in [0.05, 0.1) is 26.9 Å². The van der Waals surface area contributed by atoms with Crippen molar-refractivity contribution < 1.29 is 9.53 Å². The Bertz CT molecular complexity index is 1550. The van der Waals surface area contributed by atoms with Crippen molar-refractivity contribution >= 4 is 45.3 Å². The average molecular weight is 491 g/mol. The van der Waals surface area contributed by atoms with Crippen molar-refractivity contribution in [2.24, 2.45) is 0 Å². The number of carbonyl (C=O) groups excluding carboxylic acids is 1. The van der Waals surface area contributed by atoms with Crippen LogP contribution in [-0.2, 0) is 17.8 Å². The normalized spacial score (nSPS) is 11.5. The number of H-pyrrole nitrogens is 1. The van der Waals surface area contributed by atoms with E-state index >= 15 is 0 Å². The smallest absolute Gasteiger partial charge is 0.326 e. The number of amides is 1. The number of ether oxygens (including phenoxy) is 1. The fourth-order valence-corrected chi connectivity index (χ4v) is 5.08. The van der Waals surface area contributed by atoms with Crippen molar-refractivity contribution in [1.29, 1.82) is 0 Å². The zero-order chi connectivity index (χ0) is 24.4. The molecule has 4 aromatic heterocycles. The van der Waals surface area contributed by atoms with E-state index in [1.165, 1.54) is 11.3 Å². The highest BCUT2D eigenvalue weighted by Gasteiger charge is 2.18. The number of rotatable bonds is 9. The number of aromatic amines is 1. The Kier molecular flexibility index (Phi) is 6.47. The van der Waals surface area contributed by atoms with Crippen LogP contribution in [0.2, 0.25) is 0 Å². The van der Waals surface area contributed by atoms with E-state index in [4.69, 9.17) is 9.72 Å². The fourth-order valence-electron chi connectivity index (χ4n) is 4.17. The third kappa shape index (κ3) is 4.50. The number of hydrogen-bond donors (Lipinski definition) is 2. The van der Waals surface area contributed by atoms with E-state index in [1.54, 1.807) is 17.0 Å². The molecule has 0 saturated carbocycles. The number of pyridine rings is 1. The summed E-state index contributed by atoms with van der Waals surface area (Å²) in [6.45, 7) is 6.34. The minimum atomic E-state index is -0.215. The number of aryl methyl sites for hydroxylation is 2. The lowest BCUT2D eigenvalue weighted by molar-refractivity contribution is 0.102. The standard InChI is InChI=1S/C25H26N6O3S/c1-3-30-19-15-20-17(14-18(19)28-25(30)33)27-24(31(20)12-5-13-34-4-2)29-23(32)22-7-6-21(35-22)16-8-10-26-11-9-16/h6-11,14-15H,3-5,12-13H2,1-2H3,(H,28,33)(H,27,29,32). The number of fused-ring (bicyclic) bond motifs is 2. The Morgan fingerprint density at radius 3 is 2.71 bits per heavy atom. The van der Waals surface area contributed by atoms with Crippen LogP contribution in [0.4, 0.5) is 5.95 Å². The predicted molar refractivity (Wildman–Crippen MR) is 138 cm³/mol. The number of imidazole rings is 2. The first kappa shape index (κ1) is 23.0. The van der Waals surface area contributed by atoms with Gasteiger partial charge in [-0.2, -0.15) is 0 Å². The van der Waals surface area contributed by atoms with Crippen LogP contribution in [0.5, 0.6) is 0 Å². The Labute approximate surface area is 205 Å². The van der Waals surface area contributed by atoms with E-state index in [-0.39, 0.29) is 11.6 Å². The molecule has 0 aliphatic rings. The van der Waals surface area contributed by atoms with E-state index in [0.29, 0.717) is 42.6 Å². The number of carbonyl (C=O) groups is 1. The molecule has 0 fully saturated rings. The molecule has 10 heteroatoms. The average Bonchev–Trinajstić information content (AvgIpc) is 3.56. The van der Waals surface area contributed by atoms with Gasteiger partial charge in [-0.1, -0.05) is 0 Å². The highest BCUT2D eigenvalue weighted by atomic mass is 32.1. The van der Waals surface area contributed by atoms with Gasteiger partial charge in [-0.15, -0.1) is 11.3 Å². The minimum Gasteiger partial charge on any atom is -0.382 e. The van der Waals surface area contributed by atoms with E-state index in [2.05, 4.69) is 15.3 Å². The van der Waals surface area contributed by atoms with Gasteiger partial charge < -0.3 is 14.3 Å². The molecule has 0 spiro atoms. The second-order valence-electron chi connectivity index (χ2n) is 8.02. The molecular weight excluding hydrogens is 464 g/mol. The van der Waals surface area contributed by atoms with E-state index in [1.807, 2.05) is 54.8 Å². The van der Waals surface area contributed by atoms with Gasteiger partial charge in [0, 0.05) is 43.6 Å². The maximum Gasteiger partial charge on any atom is 0.326 e. The Balaban J connectivity index is 1.50. The fraction of sp³-hybridized carbons (Fsp3) is 0.280. The van der Waals surface area contributed by atoms with E-state index in [9.17, 15) is 9.59 Å². The number of nitrogens with one attached hydrogen (secondary N) is 2. The summed E-state index contributed by atoms with van der Waals surface area (Å²) in [7, 11) is 0. The van der Waals surface area contributed by atoms with Gasteiger partial charge in [-0.3, -0.25) is 19.7 Å². The van der Waals surface area contributed by atoms with Crippen LogP contribution >= 0.6 is 11.3 Å². The summed E-state index contributed by atoms with van der Waals surface area (Å²) >= 11 is 1.42. The van der Waals surface area contributed by atoms with Crippen LogP contribution < -0.4 is 11.0 Å². The predicted octanol–water partition coefficient (Wildman–Crippen LogP) is 4.50. The highest BCUT2D eigenvalue weighted by Crippen LogP contribution is 2.29. The molecule has 9 nitrogen and oxygen atoms in total. The number of hydrogen-bond acceptors (Lipinski definition) is 6. The van der Waals surface area contributed by atoms with Gasteiger partial charge >= 0.3 is 5.69 Å². The molecule has 2 N–H and O–H groups in total. The first-order valence-electron chi connectivity index (χ1n) is 11.6. The van der Waals surface area contributed by atoms with Gasteiger partial charge in [0.25, 0.3) is 5.91 Å². The quantitative estimate of drug-likeness (QED) is 0.296. The maximum absolute atomic E-state index is 13.2. The highest BCUT2D eigenvalue weighted by molar-refractivity contribution is 7.17. The molecule has 1 amide bonds. The lowest BCUT2D eigenvalue weighted by Gasteiger charge is -2.10. The third-order valence-electron chi connectivity index (χ3n) is 5.85. The number of aromatic nitrogens is 5. The summed E-state index contributed by atoms with van der Waals surface area (Å²) in [6, 6.07) is 11.4. The SMILES string of the molecule is CCOCCCn1c(NC(=O)c2ccc(-c3ccncc3)s2)nc2cc3[nH]c(=O)n(CC)c3cc21. The molecule has 0 aliphatic carbocycles. The van der Waals surface area contributed by atoms with Crippen molar-refractivity contribution in [3.63, 3.8) is 0 Å². The lowest BCUT2D eigenvalue weighted by atomic mass is 10.2. The zero-order valence-corrected chi connectivity index (χ0v) is 20.4. The van der Waals surface area contributed by atoms with Gasteiger partial charge in [0.15, 0.2) is 0 Å². The van der Waals surface area contributed by atoms with Gasteiger partial charge in [-0.25, -0.2) is 9.78 Å². The van der Waals surface area contributed by atoms with E-state index in [0.717, 1.165) is 33.4 Å². The second-order valence-corrected chi connectivity index (χ2v) is 9.11. The van der Waals surface area contributed by atoms with Crippen LogP contribution in [0.3, 0.4) is 0 Å². The van der Waals surface area contributed by atoms with Crippen molar-refractivity contribution in [2.75, 3.05) is 18.5 Å². The Morgan fingerprint density at radius 2 is 1.94 bits per heavy atom. The molecule has 0 bridgehead atoms. The summed E-state index contributed by atoms with van der Waals surface area (Å²) in [4.78, 5) is 38.7. The second kappa shape index (κ2) is 9.85. The minimum absolute atomic E-state index is 0.144. The monoisotopic (exact) mass is 490 g/mol. The van der Waals surface area contributed by atoms with E-state index < -0.39 is 0 Å². The molecule has 4 heterocycles. The summed E-state index contributed by atoms with van der Waals surface area (Å²) in [5.74, 6) is 0.256. The van der Waals surface area contributed by atoms with Gasteiger partial charge in [0.1, 0.15) is 0 Å². The van der Waals surface area contributed by atoms with Crippen LogP contribution in [0.1, 0.15) is 29.9 Å². The molecule has 5 rings (SSSR count). The molecule has 0 radical (unpaired) electrons. The summed E-state index contributed by atoms with van der Waals surface area (Å²) in [6.07, 6.45) is 4.23. The van der Waals surface area contributed by atoms with Gasteiger partial charge in [0.2, 0.25) is 5.95 Å². The topological polar surface area (TPSA) is 107 Å². The van der Waals surface area contributed by atoms with Crippen LogP contribution in [-0.4, -0.2) is 43.2 Å². The van der Waals surface area contributed by atoms with Crippen LogP contribution in [0.15, 0.2) is 53.6 Å². The molecule has 5 aromatic rings. The third-order valence-corrected chi connectivity index (χ3v) is 6.99. The number of benzene rings is 1. The molecular formula is C25H26N6O3S. The number of nitrogens with zero attached hydrogens (tertiary/aromatic N) is 4. The molecule has 0 aliphatic heterocycles. The van der Waals surface area contributed by atoms with Crippen molar-refractivity contribution in [1.82, 2.24) is 24.1 Å². The van der Waals surface area contributed by atoms with Crippen LogP contribution in [0.25, 0.3) is 32.5 Å². The Hall–Kier alpha value is -3.76. The Morgan fingerprint density at radius 1 is 1.11 bits per heavy atom. The molecule has 180 valence electrons. The van der Waals surface area contributed by atoms with Crippen LogP contribution in [0, 0.1) is 0 Å². The molecule has 0 unspecified atom stereocenters. The molecule has 0 saturated heterocycles. The molecule has 1 aromatic carbocycles. The summed E-state index contributed by atoms with van der Waals surface area (Å²) in [5, 5.41) is 3.00. The first-order chi connectivity index (χ1) is 17.1. The first-order valence-corrected chi connectivity index (χ1v) is 12.4. The number of anilines is 1. The maximum atomic E-state index is 13.2. The largest absolute Gasteiger partial charge is 0.382 e. The summed E-state index contributed by atoms with van der Waals surface area (Å²) < 4.78 is 9.19. The lowest BCUT2D eigenvalue weighted by Crippen LogP contribution is -2.16. The van der Waals surface area contributed by atoms with Gasteiger partial charge in [-0.05, 0) is 62.2 Å². The van der Waals surface area contributed by atoms with Crippen molar-refractivity contribution in [3.8, 4) is 10.4 Å². The number of thiophene rings is 1. The summed E-state index contributed by atoms with van der Waals surface area (Å²) in [5.41, 5.74) is 3.97.